The molecule has 0 atom stereocenters. The van der Waals surface area contributed by atoms with E-state index >= 15 is 0 Å². The van der Waals surface area contributed by atoms with Gasteiger partial charge in [0.15, 0.2) is 0 Å². The second-order valence-electron chi connectivity index (χ2n) is 8.43. The number of hydrogen-bond acceptors (Lipinski definition) is 6. The summed E-state index contributed by atoms with van der Waals surface area (Å²) in [7, 11) is 0. The Kier molecular flexibility index (Phi) is 5.95. The molecule has 5 rings (SSSR count). The number of aromatic nitrogens is 4. The van der Waals surface area contributed by atoms with Gasteiger partial charge in [0.2, 0.25) is 0 Å². The van der Waals surface area contributed by atoms with Gasteiger partial charge in [-0.1, -0.05) is 23.8 Å². The van der Waals surface area contributed by atoms with Gasteiger partial charge in [-0.15, -0.1) is 0 Å². The fraction of sp³-hybridized carbons (Fsp3) is 0.231. The second kappa shape index (κ2) is 9.35. The zero-order chi connectivity index (χ0) is 23.5. The highest BCUT2D eigenvalue weighted by Gasteiger charge is 2.23. The maximum absolute atomic E-state index is 13.1. The lowest BCUT2D eigenvalue weighted by Crippen LogP contribution is -2.49. The van der Waals surface area contributed by atoms with Crippen molar-refractivity contribution in [2.45, 2.75) is 13.8 Å². The minimum Gasteiger partial charge on any atom is -0.353 e. The Hall–Kier alpha value is -4.20. The topological polar surface area (TPSA) is 79.2 Å². The van der Waals surface area contributed by atoms with E-state index in [2.05, 4.69) is 44.3 Å². The lowest BCUT2D eigenvalue weighted by molar-refractivity contribution is 0.0746. The Labute approximate surface area is 198 Å². The lowest BCUT2D eigenvalue weighted by Gasteiger charge is -2.35. The molecule has 0 spiro atoms. The first-order valence-electron chi connectivity index (χ1n) is 11.4. The van der Waals surface area contributed by atoms with Crippen LogP contribution in [0.4, 0.5) is 17.3 Å². The van der Waals surface area contributed by atoms with E-state index in [1.165, 1.54) is 5.56 Å². The van der Waals surface area contributed by atoms with E-state index in [4.69, 9.17) is 0 Å². The minimum absolute atomic E-state index is 0.0363. The molecule has 0 saturated carbocycles. The number of piperazine rings is 1. The molecule has 1 N–H and O–H groups in total. The molecular formula is C26H27N7O. The fourth-order valence-corrected chi connectivity index (χ4v) is 4.09. The first-order chi connectivity index (χ1) is 16.5. The van der Waals surface area contributed by atoms with E-state index in [0.717, 1.165) is 23.0 Å². The zero-order valence-electron chi connectivity index (χ0n) is 19.3. The molecule has 0 bridgehead atoms. The van der Waals surface area contributed by atoms with Crippen LogP contribution in [0.2, 0.25) is 0 Å². The number of aryl methyl sites for hydroxylation is 2. The Morgan fingerprint density at radius 3 is 2.44 bits per heavy atom. The number of nitrogens with one attached hydrogen (secondary N) is 1. The van der Waals surface area contributed by atoms with Crippen molar-refractivity contribution >= 4 is 23.2 Å². The van der Waals surface area contributed by atoms with E-state index in [0.29, 0.717) is 37.6 Å². The van der Waals surface area contributed by atoms with Crippen molar-refractivity contribution in [3.8, 4) is 5.69 Å². The van der Waals surface area contributed by atoms with E-state index < -0.39 is 0 Å². The molecule has 34 heavy (non-hydrogen) atoms. The summed E-state index contributed by atoms with van der Waals surface area (Å²) in [5.41, 5.74) is 3.75. The maximum Gasteiger partial charge on any atom is 0.254 e. The number of anilines is 3. The van der Waals surface area contributed by atoms with Gasteiger partial charge in [0, 0.05) is 55.9 Å². The first-order valence-corrected chi connectivity index (χ1v) is 11.4. The minimum atomic E-state index is 0.0363. The van der Waals surface area contributed by atoms with Crippen LogP contribution >= 0.6 is 0 Å². The molecule has 172 valence electrons. The van der Waals surface area contributed by atoms with E-state index in [1.54, 1.807) is 10.9 Å². The third-order valence-corrected chi connectivity index (χ3v) is 5.90. The molecule has 2 aromatic carbocycles. The van der Waals surface area contributed by atoms with Crippen molar-refractivity contribution in [1.82, 2.24) is 24.6 Å². The summed E-state index contributed by atoms with van der Waals surface area (Å²) >= 11 is 0. The van der Waals surface area contributed by atoms with Gasteiger partial charge in [-0.25, -0.2) is 14.6 Å². The Morgan fingerprint density at radius 1 is 0.912 bits per heavy atom. The van der Waals surface area contributed by atoms with Gasteiger partial charge in [-0.2, -0.15) is 5.10 Å². The molecule has 1 fully saturated rings. The maximum atomic E-state index is 13.1. The van der Waals surface area contributed by atoms with E-state index in [1.807, 2.05) is 66.6 Å². The fourth-order valence-electron chi connectivity index (χ4n) is 4.09. The summed E-state index contributed by atoms with van der Waals surface area (Å²) in [6, 6.07) is 19.6. The summed E-state index contributed by atoms with van der Waals surface area (Å²) in [4.78, 5) is 26.4. The van der Waals surface area contributed by atoms with Gasteiger partial charge >= 0.3 is 0 Å². The predicted octanol–water partition coefficient (Wildman–Crippen LogP) is 3.99. The molecule has 1 aliphatic heterocycles. The molecule has 3 heterocycles. The monoisotopic (exact) mass is 453 g/mol. The summed E-state index contributed by atoms with van der Waals surface area (Å²) in [6.07, 6.45) is 3.60. The smallest absolute Gasteiger partial charge is 0.254 e. The molecule has 4 aromatic rings. The molecule has 0 unspecified atom stereocenters. The predicted molar refractivity (Wildman–Crippen MR) is 133 cm³/mol. The van der Waals surface area contributed by atoms with E-state index in [9.17, 15) is 4.79 Å². The van der Waals surface area contributed by atoms with Crippen LogP contribution < -0.4 is 10.2 Å². The van der Waals surface area contributed by atoms with E-state index in [-0.39, 0.29) is 5.91 Å². The Balaban J connectivity index is 1.25. The number of rotatable bonds is 5. The molecular weight excluding hydrogens is 426 g/mol. The normalized spacial score (nSPS) is 13.7. The third kappa shape index (κ3) is 4.76. The van der Waals surface area contributed by atoms with Crippen LogP contribution in [0.5, 0.6) is 0 Å². The molecule has 1 saturated heterocycles. The van der Waals surface area contributed by atoms with Crippen LogP contribution in [0.1, 0.15) is 21.7 Å². The van der Waals surface area contributed by atoms with Gasteiger partial charge in [-0.3, -0.25) is 4.79 Å². The van der Waals surface area contributed by atoms with Gasteiger partial charge < -0.3 is 15.1 Å². The molecule has 1 amide bonds. The zero-order valence-corrected chi connectivity index (χ0v) is 19.3. The highest BCUT2D eigenvalue weighted by Crippen LogP contribution is 2.22. The van der Waals surface area contributed by atoms with Crippen molar-refractivity contribution in [3.63, 3.8) is 0 Å². The van der Waals surface area contributed by atoms with Gasteiger partial charge in [0.25, 0.3) is 5.91 Å². The summed E-state index contributed by atoms with van der Waals surface area (Å²) in [6.45, 7) is 6.66. The summed E-state index contributed by atoms with van der Waals surface area (Å²) in [5, 5.41) is 7.62. The largest absolute Gasteiger partial charge is 0.353 e. The van der Waals surface area contributed by atoms with Crippen molar-refractivity contribution in [1.29, 1.82) is 0 Å². The molecule has 0 aliphatic carbocycles. The number of amides is 1. The highest BCUT2D eigenvalue weighted by atomic mass is 16.2. The average Bonchev–Trinajstić information content (AvgIpc) is 3.40. The van der Waals surface area contributed by atoms with Crippen LogP contribution in [0.3, 0.4) is 0 Å². The number of hydrogen-bond donors (Lipinski definition) is 1. The first kappa shape index (κ1) is 21.6. The van der Waals surface area contributed by atoms with Gasteiger partial charge in [0.1, 0.15) is 17.5 Å². The lowest BCUT2D eigenvalue weighted by atomic mass is 10.1. The number of nitrogens with zero attached hydrogens (tertiary/aromatic N) is 6. The van der Waals surface area contributed by atoms with Crippen molar-refractivity contribution in [3.05, 3.63) is 90.0 Å². The van der Waals surface area contributed by atoms with Crippen molar-refractivity contribution in [2.75, 3.05) is 36.4 Å². The summed E-state index contributed by atoms with van der Waals surface area (Å²) in [5.74, 6) is 2.38. The van der Waals surface area contributed by atoms with Crippen LogP contribution in [0, 0.1) is 13.8 Å². The van der Waals surface area contributed by atoms with Gasteiger partial charge in [0.05, 0.1) is 5.69 Å². The quantitative estimate of drug-likeness (QED) is 0.492. The van der Waals surface area contributed by atoms with Crippen molar-refractivity contribution < 1.29 is 4.79 Å². The Bertz CT molecular complexity index is 1280. The third-order valence-electron chi connectivity index (χ3n) is 5.90. The summed E-state index contributed by atoms with van der Waals surface area (Å²) < 4.78 is 1.76. The van der Waals surface area contributed by atoms with Crippen LogP contribution in [-0.4, -0.2) is 56.7 Å². The number of carbonyl (C=O) groups excluding carboxylic acids is 1. The molecule has 1 aliphatic rings. The molecule has 8 heteroatoms. The van der Waals surface area contributed by atoms with Crippen LogP contribution in [0.25, 0.3) is 5.69 Å². The number of benzene rings is 2. The standard InChI is InChI=1S/C26H27N7O/c1-19-7-9-22(10-8-19)30-24-18-25(29-20(2)28-24)31-13-15-32(16-14-31)26(34)21-5-3-6-23(17-21)33-12-4-11-27-33/h3-12,17-18H,13-16H2,1-2H3,(H,28,29,30). The highest BCUT2D eigenvalue weighted by molar-refractivity contribution is 5.95. The van der Waals surface area contributed by atoms with Crippen LogP contribution in [0.15, 0.2) is 73.1 Å². The molecule has 0 radical (unpaired) electrons. The van der Waals surface area contributed by atoms with Crippen molar-refractivity contribution in [2.24, 2.45) is 0 Å². The SMILES string of the molecule is Cc1ccc(Nc2cc(N3CCN(C(=O)c4cccc(-n5cccn5)c4)CC3)nc(C)n2)cc1. The van der Waals surface area contributed by atoms with Gasteiger partial charge in [-0.05, 0) is 50.2 Å². The second-order valence-corrected chi connectivity index (χ2v) is 8.43. The molecule has 2 aromatic heterocycles. The Morgan fingerprint density at radius 2 is 1.71 bits per heavy atom. The average molecular weight is 454 g/mol. The van der Waals surface area contributed by atoms with Crippen LogP contribution in [-0.2, 0) is 0 Å². The number of carbonyl (C=O) groups is 1. The molecule has 8 nitrogen and oxygen atoms in total.